The van der Waals surface area contributed by atoms with Gasteiger partial charge in [0.15, 0.2) is 0 Å². The highest BCUT2D eigenvalue weighted by Gasteiger charge is 2.23. The van der Waals surface area contributed by atoms with Crippen molar-refractivity contribution >= 4 is 0 Å². The highest BCUT2D eigenvalue weighted by Crippen LogP contribution is 2.23. The third kappa shape index (κ3) is 1.12. The lowest BCUT2D eigenvalue weighted by atomic mass is 10.0. The van der Waals surface area contributed by atoms with Gasteiger partial charge in [-0.1, -0.05) is 0 Å². The molecular formula is C9H12N4. The van der Waals surface area contributed by atoms with Gasteiger partial charge in [-0.2, -0.15) is 10.4 Å². The van der Waals surface area contributed by atoms with Crippen molar-refractivity contribution in [1.29, 1.82) is 5.26 Å². The van der Waals surface area contributed by atoms with Gasteiger partial charge < -0.3 is 5.32 Å². The molecule has 1 aliphatic rings. The van der Waals surface area contributed by atoms with Crippen LogP contribution in [0.3, 0.4) is 0 Å². The van der Waals surface area contributed by atoms with Crippen LogP contribution in [-0.2, 0) is 13.5 Å². The van der Waals surface area contributed by atoms with E-state index in [0.717, 1.165) is 24.2 Å². The highest BCUT2D eigenvalue weighted by molar-refractivity contribution is 5.38. The lowest BCUT2D eigenvalue weighted by Crippen LogP contribution is -2.27. The molecule has 4 nitrogen and oxygen atoms in total. The molecule has 1 unspecified atom stereocenters. The summed E-state index contributed by atoms with van der Waals surface area (Å²) < 4.78 is 1.67. The van der Waals surface area contributed by atoms with Crippen molar-refractivity contribution in [3.05, 3.63) is 17.0 Å². The third-order valence-corrected chi connectivity index (χ3v) is 2.52. The van der Waals surface area contributed by atoms with Crippen LogP contribution in [0.1, 0.15) is 29.9 Å². The molecule has 0 spiro atoms. The largest absolute Gasteiger partial charge is 0.308 e. The Labute approximate surface area is 77.2 Å². The fourth-order valence-corrected chi connectivity index (χ4v) is 1.83. The minimum absolute atomic E-state index is 0.275. The van der Waals surface area contributed by atoms with Crippen molar-refractivity contribution in [2.24, 2.45) is 7.05 Å². The summed E-state index contributed by atoms with van der Waals surface area (Å²) in [5.41, 5.74) is 2.87. The van der Waals surface area contributed by atoms with Crippen molar-refractivity contribution in [3.63, 3.8) is 0 Å². The maximum atomic E-state index is 8.92. The Bertz CT molecular complexity index is 372. The van der Waals surface area contributed by atoms with E-state index in [1.54, 1.807) is 4.68 Å². The van der Waals surface area contributed by atoms with Crippen LogP contribution < -0.4 is 5.32 Å². The van der Waals surface area contributed by atoms with Gasteiger partial charge in [0.1, 0.15) is 11.8 Å². The van der Waals surface area contributed by atoms with Gasteiger partial charge in [0, 0.05) is 18.7 Å². The summed E-state index contributed by atoms with van der Waals surface area (Å²) in [7, 11) is 1.82. The maximum Gasteiger partial charge on any atom is 0.141 e. The summed E-state index contributed by atoms with van der Waals surface area (Å²) in [6.45, 7) is 3.01. The second-order valence-electron chi connectivity index (χ2n) is 3.37. The predicted octanol–water partition coefficient (Wildman–Crippen LogP) is 0.498. The smallest absolute Gasteiger partial charge is 0.141 e. The predicted molar refractivity (Wildman–Crippen MR) is 48.0 cm³/mol. The summed E-state index contributed by atoms with van der Waals surface area (Å²) in [6.07, 6.45) is 0.913. The fraction of sp³-hybridized carbons (Fsp3) is 0.556. The van der Waals surface area contributed by atoms with E-state index in [-0.39, 0.29) is 6.04 Å². The molecule has 13 heavy (non-hydrogen) atoms. The van der Waals surface area contributed by atoms with Crippen LogP contribution in [0.4, 0.5) is 0 Å². The highest BCUT2D eigenvalue weighted by atomic mass is 15.3. The van der Waals surface area contributed by atoms with Crippen molar-refractivity contribution < 1.29 is 0 Å². The number of fused-ring (bicyclic) bond motifs is 1. The van der Waals surface area contributed by atoms with Crippen LogP contribution in [-0.4, -0.2) is 16.3 Å². The Balaban J connectivity index is 2.58. The molecule has 1 aromatic rings. The summed E-state index contributed by atoms with van der Waals surface area (Å²) in [4.78, 5) is 0. The van der Waals surface area contributed by atoms with Gasteiger partial charge in [0.25, 0.3) is 0 Å². The monoisotopic (exact) mass is 176 g/mol. The van der Waals surface area contributed by atoms with Crippen LogP contribution in [0.2, 0.25) is 0 Å². The average molecular weight is 176 g/mol. The van der Waals surface area contributed by atoms with Gasteiger partial charge in [0.05, 0.1) is 5.69 Å². The first kappa shape index (κ1) is 8.27. The van der Waals surface area contributed by atoms with Gasteiger partial charge in [-0.15, -0.1) is 0 Å². The molecule has 0 saturated heterocycles. The van der Waals surface area contributed by atoms with Crippen LogP contribution in [0, 0.1) is 11.3 Å². The van der Waals surface area contributed by atoms with Crippen molar-refractivity contribution in [2.75, 3.05) is 6.54 Å². The number of hydrogen-bond donors (Lipinski definition) is 1. The second-order valence-corrected chi connectivity index (χ2v) is 3.37. The molecule has 0 fully saturated rings. The van der Waals surface area contributed by atoms with E-state index in [2.05, 4.69) is 23.4 Å². The van der Waals surface area contributed by atoms with Gasteiger partial charge in [-0.05, 0) is 19.9 Å². The SMILES string of the molecule is CC1NCCc2c1nn(C)c2C#N. The lowest BCUT2D eigenvalue weighted by molar-refractivity contribution is 0.525. The third-order valence-electron chi connectivity index (χ3n) is 2.52. The number of aromatic nitrogens is 2. The minimum atomic E-state index is 0.275. The molecule has 2 heterocycles. The molecule has 1 atom stereocenters. The van der Waals surface area contributed by atoms with Crippen molar-refractivity contribution in [1.82, 2.24) is 15.1 Å². The zero-order chi connectivity index (χ0) is 9.42. The molecule has 0 amide bonds. The molecule has 68 valence electrons. The van der Waals surface area contributed by atoms with E-state index >= 15 is 0 Å². The first-order valence-corrected chi connectivity index (χ1v) is 4.43. The Morgan fingerprint density at radius 3 is 3.15 bits per heavy atom. The first-order valence-electron chi connectivity index (χ1n) is 4.43. The number of nitrogens with zero attached hydrogens (tertiary/aromatic N) is 3. The standard InChI is InChI=1S/C9H12N4/c1-6-9-7(3-4-11-6)8(5-10)13(2)12-9/h6,11H,3-4H2,1-2H3. The summed E-state index contributed by atoms with van der Waals surface area (Å²) in [5.74, 6) is 0. The molecule has 0 bridgehead atoms. The summed E-state index contributed by atoms with van der Waals surface area (Å²) >= 11 is 0. The molecule has 2 rings (SSSR count). The van der Waals surface area contributed by atoms with E-state index in [1.165, 1.54) is 0 Å². The molecule has 0 radical (unpaired) electrons. The molecule has 4 heteroatoms. The molecule has 1 N–H and O–H groups in total. The van der Waals surface area contributed by atoms with E-state index < -0.39 is 0 Å². The number of rotatable bonds is 0. The van der Waals surface area contributed by atoms with E-state index in [9.17, 15) is 0 Å². The Morgan fingerprint density at radius 1 is 1.69 bits per heavy atom. The molecule has 0 aliphatic carbocycles. The van der Waals surface area contributed by atoms with Crippen LogP contribution in [0.15, 0.2) is 0 Å². The number of nitriles is 1. The Morgan fingerprint density at radius 2 is 2.46 bits per heavy atom. The molecule has 1 aromatic heterocycles. The van der Waals surface area contributed by atoms with E-state index in [4.69, 9.17) is 5.26 Å². The fourth-order valence-electron chi connectivity index (χ4n) is 1.83. The number of hydrogen-bond acceptors (Lipinski definition) is 3. The first-order chi connectivity index (χ1) is 6.24. The topological polar surface area (TPSA) is 53.6 Å². The van der Waals surface area contributed by atoms with E-state index in [0.29, 0.717) is 5.69 Å². The van der Waals surface area contributed by atoms with Crippen LogP contribution in [0.25, 0.3) is 0 Å². The molecule has 1 aliphatic heterocycles. The molecular weight excluding hydrogens is 164 g/mol. The van der Waals surface area contributed by atoms with Gasteiger partial charge >= 0.3 is 0 Å². The minimum Gasteiger partial charge on any atom is -0.308 e. The Hall–Kier alpha value is -1.34. The zero-order valence-corrected chi connectivity index (χ0v) is 7.83. The average Bonchev–Trinajstić information content (AvgIpc) is 2.43. The number of nitrogens with one attached hydrogen (secondary N) is 1. The van der Waals surface area contributed by atoms with Gasteiger partial charge in [-0.25, -0.2) is 0 Å². The maximum absolute atomic E-state index is 8.92. The summed E-state index contributed by atoms with van der Waals surface area (Å²) in [6, 6.07) is 2.47. The van der Waals surface area contributed by atoms with Crippen LogP contribution >= 0.6 is 0 Å². The quantitative estimate of drug-likeness (QED) is 0.626. The van der Waals surface area contributed by atoms with E-state index in [1.807, 2.05) is 7.05 Å². The van der Waals surface area contributed by atoms with Gasteiger partial charge in [-0.3, -0.25) is 4.68 Å². The van der Waals surface area contributed by atoms with Crippen molar-refractivity contribution in [2.45, 2.75) is 19.4 Å². The Kier molecular flexibility index (Phi) is 1.82. The van der Waals surface area contributed by atoms with Gasteiger partial charge in [0.2, 0.25) is 0 Å². The van der Waals surface area contributed by atoms with Crippen LogP contribution in [0.5, 0.6) is 0 Å². The van der Waals surface area contributed by atoms with Crippen molar-refractivity contribution in [3.8, 4) is 6.07 Å². The molecule has 0 aromatic carbocycles. The molecule has 0 saturated carbocycles. The zero-order valence-electron chi connectivity index (χ0n) is 7.83. The second kappa shape index (κ2) is 2.86. The normalized spacial score (nSPS) is 20.8. The lowest BCUT2D eigenvalue weighted by Gasteiger charge is -2.18. The summed E-state index contributed by atoms with van der Waals surface area (Å²) in [5, 5.41) is 16.6. The number of aryl methyl sites for hydroxylation is 1.